The molecule has 0 heterocycles. The van der Waals surface area contributed by atoms with Gasteiger partial charge >= 0.3 is 0 Å². The van der Waals surface area contributed by atoms with Crippen LogP contribution in [0.25, 0.3) is 0 Å². The van der Waals surface area contributed by atoms with Gasteiger partial charge in [0.25, 0.3) is 0 Å². The molecule has 0 aromatic heterocycles. The van der Waals surface area contributed by atoms with Gasteiger partial charge in [0, 0.05) is 15.1 Å². The molecule has 2 rings (SSSR count). The molecule has 0 radical (unpaired) electrons. The van der Waals surface area contributed by atoms with E-state index in [1.54, 1.807) is 12.1 Å². The van der Waals surface area contributed by atoms with Crippen molar-refractivity contribution in [2.24, 2.45) is 0 Å². The van der Waals surface area contributed by atoms with Gasteiger partial charge in [-0.15, -0.1) is 0 Å². The Morgan fingerprint density at radius 3 is 2.35 bits per heavy atom. The van der Waals surface area contributed by atoms with Crippen molar-refractivity contribution in [3.63, 3.8) is 0 Å². The van der Waals surface area contributed by atoms with E-state index in [2.05, 4.69) is 15.9 Å². The zero-order valence-corrected chi connectivity index (χ0v) is 11.8. The van der Waals surface area contributed by atoms with Crippen LogP contribution in [0, 0.1) is 0 Å². The van der Waals surface area contributed by atoms with E-state index in [-0.39, 0.29) is 0 Å². The molecular formula is C13H9BrCl2O. The molecule has 0 bridgehead atoms. The molecule has 4 heteroatoms. The highest BCUT2D eigenvalue weighted by molar-refractivity contribution is 9.10. The normalized spacial score (nSPS) is 12.5. The highest BCUT2D eigenvalue weighted by atomic mass is 79.9. The van der Waals surface area contributed by atoms with Crippen molar-refractivity contribution in [2.45, 2.75) is 6.10 Å². The summed E-state index contributed by atoms with van der Waals surface area (Å²) in [5, 5.41) is 11.3. The fraction of sp³-hybridized carbons (Fsp3) is 0.0769. The summed E-state index contributed by atoms with van der Waals surface area (Å²) < 4.78 is 0.677. The van der Waals surface area contributed by atoms with E-state index in [0.29, 0.717) is 20.1 Å². The summed E-state index contributed by atoms with van der Waals surface area (Å²) in [6.45, 7) is 0. The number of hydrogen-bond donors (Lipinski definition) is 1. The summed E-state index contributed by atoms with van der Waals surface area (Å²) in [7, 11) is 0. The largest absolute Gasteiger partial charge is 0.384 e. The van der Waals surface area contributed by atoms with Crippen LogP contribution in [0.4, 0.5) is 0 Å². The molecule has 0 amide bonds. The maximum atomic E-state index is 10.3. The van der Waals surface area contributed by atoms with Crippen molar-refractivity contribution in [1.82, 2.24) is 0 Å². The van der Waals surface area contributed by atoms with Gasteiger partial charge in [-0.25, -0.2) is 0 Å². The number of aliphatic hydroxyl groups excluding tert-OH is 1. The smallest absolute Gasteiger partial charge is 0.106 e. The number of halogens is 3. The Kier molecular flexibility index (Phi) is 4.10. The molecule has 0 aliphatic carbocycles. The number of rotatable bonds is 2. The first-order valence-electron chi connectivity index (χ1n) is 4.97. The molecule has 0 spiro atoms. The van der Waals surface area contributed by atoms with E-state index in [0.717, 1.165) is 5.56 Å². The fourth-order valence-corrected chi connectivity index (χ4v) is 2.64. The zero-order valence-electron chi connectivity index (χ0n) is 8.70. The van der Waals surface area contributed by atoms with Gasteiger partial charge in [-0.3, -0.25) is 0 Å². The van der Waals surface area contributed by atoms with Crippen molar-refractivity contribution in [3.05, 3.63) is 68.1 Å². The van der Waals surface area contributed by atoms with Gasteiger partial charge < -0.3 is 5.11 Å². The van der Waals surface area contributed by atoms with Crippen LogP contribution in [0.1, 0.15) is 17.2 Å². The van der Waals surface area contributed by atoms with Crippen LogP contribution in [0.3, 0.4) is 0 Å². The SMILES string of the molecule is OC(c1ccccc1)c1cc(Cl)cc(Br)c1Cl. The van der Waals surface area contributed by atoms with Gasteiger partial charge in [-0.2, -0.15) is 0 Å². The van der Waals surface area contributed by atoms with Crippen molar-refractivity contribution >= 4 is 39.1 Å². The first-order chi connectivity index (χ1) is 8.09. The third-order valence-electron chi connectivity index (χ3n) is 2.43. The molecule has 0 fully saturated rings. The Morgan fingerprint density at radius 1 is 1.06 bits per heavy atom. The quantitative estimate of drug-likeness (QED) is 0.781. The third kappa shape index (κ3) is 2.83. The van der Waals surface area contributed by atoms with Crippen LogP contribution in [-0.4, -0.2) is 5.11 Å². The molecule has 1 nitrogen and oxygen atoms in total. The fourth-order valence-electron chi connectivity index (χ4n) is 1.59. The summed E-state index contributed by atoms with van der Waals surface area (Å²) in [4.78, 5) is 0. The second-order valence-corrected chi connectivity index (χ2v) is 5.27. The van der Waals surface area contributed by atoms with E-state index in [4.69, 9.17) is 23.2 Å². The second kappa shape index (κ2) is 5.40. The van der Waals surface area contributed by atoms with Crippen molar-refractivity contribution < 1.29 is 5.11 Å². The minimum Gasteiger partial charge on any atom is -0.384 e. The lowest BCUT2D eigenvalue weighted by molar-refractivity contribution is 0.220. The molecule has 0 aliphatic rings. The van der Waals surface area contributed by atoms with Gasteiger partial charge in [0.1, 0.15) is 6.10 Å². The Bertz CT molecular complexity index is 528. The molecule has 1 N–H and O–H groups in total. The van der Waals surface area contributed by atoms with E-state index in [1.165, 1.54) is 0 Å². The lowest BCUT2D eigenvalue weighted by atomic mass is 10.0. The van der Waals surface area contributed by atoms with Gasteiger partial charge in [-0.05, 0) is 33.6 Å². The van der Waals surface area contributed by atoms with Gasteiger partial charge in [0.15, 0.2) is 0 Å². The molecule has 0 saturated heterocycles. The molecule has 0 saturated carbocycles. The van der Waals surface area contributed by atoms with E-state index >= 15 is 0 Å². The molecule has 2 aromatic carbocycles. The number of benzene rings is 2. The maximum Gasteiger partial charge on any atom is 0.106 e. The summed E-state index contributed by atoms with van der Waals surface area (Å²) in [6.07, 6.45) is -0.779. The number of hydrogen-bond acceptors (Lipinski definition) is 1. The van der Waals surface area contributed by atoms with Gasteiger partial charge in [0.05, 0.1) is 5.02 Å². The van der Waals surface area contributed by atoms with Gasteiger partial charge in [0.2, 0.25) is 0 Å². The third-order valence-corrected chi connectivity index (χ3v) is 3.92. The summed E-state index contributed by atoms with van der Waals surface area (Å²) in [6, 6.07) is 12.7. The molecule has 1 atom stereocenters. The van der Waals surface area contributed by atoms with Crippen LogP contribution < -0.4 is 0 Å². The predicted octanol–water partition coefficient (Wildman–Crippen LogP) is 4.84. The molecule has 88 valence electrons. The predicted molar refractivity (Wildman–Crippen MR) is 74.7 cm³/mol. The maximum absolute atomic E-state index is 10.3. The Hall–Kier alpha value is -0.540. The first-order valence-corrected chi connectivity index (χ1v) is 6.52. The van der Waals surface area contributed by atoms with E-state index in [1.807, 2.05) is 30.3 Å². The van der Waals surface area contributed by atoms with E-state index in [9.17, 15) is 5.11 Å². The highest BCUT2D eigenvalue weighted by Gasteiger charge is 2.16. The second-order valence-electron chi connectivity index (χ2n) is 3.60. The minimum absolute atomic E-state index is 0.478. The molecule has 17 heavy (non-hydrogen) atoms. The monoisotopic (exact) mass is 330 g/mol. The van der Waals surface area contributed by atoms with Crippen molar-refractivity contribution in [1.29, 1.82) is 0 Å². The van der Waals surface area contributed by atoms with Crippen molar-refractivity contribution in [2.75, 3.05) is 0 Å². The average molecular weight is 332 g/mol. The lowest BCUT2D eigenvalue weighted by Gasteiger charge is -2.14. The Morgan fingerprint density at radius 2 is 1.71 bits per heavy atom. The number of aliphatic hydroxyl groups is 1. The van der Waals surface area contributed by atoms with Gasteiger partial charge in [-0.1, -0.05) is 53.5 Å². The van der Waals surface area contributed by atoms with E-state index < -0.39 is 6.10 Å². The topological polar surface area (TPSA) is 20.2 Å². The highest BCUT2D eigenvalue weighted by Crippen LogP contribution is 2.35. The summed E-state index contributed by atoms with van der Waals surface area (Å²) in [5.41, 5.74) is 1.38. The van der Waals surface area contributed by atoms with Crippen LogP contribution >= 0.6 is 39.1 Å². The lowest BCUT2D eigenvalue weighted by Crippen LogP contribution is -2.00. The average Bonchev–Trinajstić information content (AvgIpc) is 2.34. The summed E-state index contributed by atoms with van der Waals surface area (Å²) >= 11 is 15.4. The Labute approximate surface area is 118 Å². The van der Waals surface area contributed by atoms with Crippen molar-refractivity contribution in [3.8, 4) is 0 Å². The molecular weight excluding hydrogens is 323 g/mol. The standard InChI is InChI=1S/C13H9BrCl2O/c14-11-7-9(15)6-10(12(11)16)13(17)8-4-2-1-3-5-8/h1-7,13,17H. The van der Waals surface area contributed by atoms with Crippen LogP contribution in [-0.2, 0) is 0 Å². The minimum atomic E-state index is -0.779. The van der Waals surface area contributed by atoms with Crippen LogP contribution in [0.2, 0.25) is 10.0 Å². The Balaban J connectivity index is 2.48. The first kappa shape index (κ1) is 12.9. The van der Waals surface area contributed by atoms with Crippen LogP contribution in [0.15, 0.2) is 46.9 Å². The van der Waals surface area contributed by atoms with Crippen LogP contribution in [0.5, 0.6) is 0 Å². The molecule has 2 aromatic rings. The zero-order chi connectivity index (χ0) is 12.4. The molecule has 1 unspecified atom stereocenters. The molecule has 0 aliphatic heterocycles. The summed E-state index contributed by atoms with van der Waals surface area (Å²) in [5.74, 6) is 0.